The number of halogens is 3. The number of hydrogen-bond acceptors (Lipinski definition) is 8. The first-order valence-electron chi connectivity index (χ1n) is 13.7. The molecule has 11 heteroatoms. The molecule has 3 N–H and O–H groups in total. The lowest BCUT2D eigenvalue weighted by molar-refractivity contribution is -0.214. The highest BCUT2D eigenvalue weighted by atomic mass is 19.4. The zero-order valence-electron chi connectivity index (χ0n) is 23.0. The highest BCUT2D eigenvalue weighted by Gasteiger charge is 2.40. The second-order valence-corrected chi connectivity index (χ2v) is 9.89. The summed E-state index contributed by atoms with van der Waals surface area (Å²) in [6.45, 7) is 4.88. The van der Waals surface area contributed by atoms with Crippen molar-refractivity contribution < 1.29 is 22.6 Å². The Bertz CT molecular complexity index is 1480. The number of ether oxygens (including phenoxy) is 2. The molecule has 0 spiro atoms. The molecule has 2 aromatic heterocycles. The van der Waals surface area contributed by atoms with Crippen LogP contribution >= 0.6 is 0 Å². The molecule has 8 nitrogen and oxygen atoms in total. The summed E-state index contributed by atoms with van der Waals surface area (Å²) in [7, 11) is 0. The van der Waals surface area contributed by atoms with Crippen LogP contribution in [0.5, 0.6) is 11.6 Å². The van der Waals surface area contributed by atoms with Crippen LogP contribution in [-0.4, -0.2) is 59.5 Å². The van der Waals surface area contributed by atoms with Gasteiger partial charge in [-0.05, 0) is 63.1 Å². The van der Waals surface area contributed by atoms with Crippen molar-refractivity contribution in [2.45, 2.75) is 45.0 Å². The number of anilines is 2. The number of aryl methyl sites for hydroxylation is 1. The van der Waals surface area contributed by atoms with Crippen molar-refractivity contribution in [1.82, 2.24) is 20.3 Å². The Morgan fingerprint density at radius 1 is 1.05 bits per heavy atom. The molecule has 0 unspecified atom stereocenters. The monoisotopic (exact) mass is 566 g/mol. The first-order valence-corrected chi connectivity index (χ1v) is 13.7. The van der Waals surface area contributed by atoms with Crippen LogP contribution in [0.1, 0.15) is 25.3 Å². The number of aromatic nitrogens is 3. The lowest BCUT2D eigenvalue weighted by Gasteiger charge is -2.23. The molecule has 3 heterocycles. The van der Waals surface area contributed by atoms with Crippen LogP contribution in [0.3, 0.4) is 0 Å². The van der Waals surface area contributed by atoms with Gasteiger partial charge < -0.3 is 25.4 Å². The topological polar surface area (TPSA) is 93.2 Å². The van der Waals surface area contributed by atoms with Gasteiger partial charge >= 0.3 is 6.18 Å². The second-order valence-electron chi connectivity index (χ2n) is 9.89. The molecule has 4 aromatic rings. The molecule has 2 atom stereocenters. The van der Waals surface area contributed by atoms with Crippen molar-refractivity contribution in [2.24, 2.45) is 0 Å². The normalized spacial score (nSPS) is 16.4. The van der Waals surface area contributed by atoms with Gasteiger partial charge in [0, 0.05) is 48.0 Å². The van der Waals surface area contributed by atoms with E-state index in [0.717, 1.165) is 42.3 Å². The Kier molecular flexibility index (Phi) is 8.84. The maximum Gasteiger partial charge on any atom is 0.416 e. The molecule has 0 amide bonds. The highest BCUT2D eigenvalue weighted by Crippen LogP contribution is 2.39. The fourth-order valence-electron chi connectivity index (χ4n) is 4.90. The van der Waals surface area contributed by atoms with E-state index in [1.54, 1.807) is 31.5 Å². The van der Waals surface area contributed by atoms with E-state index in [4.69, 9.17) is 14.5 Å². The predicted molar refractivity (Wildman–Crippen MR) is 153 cm³/mol. The average molecular weight is 567 g/mol. The van der Waals surface area contributed by atoms with Crippen LogP contribution in [-0.2, 0) is 4.74 Å². The van der Waals surface area contributed by atoms with Gasteiger partial charge in [-0.25, -0.2) is 15.0 Å². The van der Waals surface area contributed by atoms with Gasteiger partial charge in [-0.1, -0.05) is 24.3 Å². The summed E-state index contributed by atoms with van der Waals surface area (Å²) in [5.74, 6) is 1.45. The van der Waals surface area contributed by atoms with Crippen LogP contribution in [0.15, 0.2) is 60.9 Å². The zero-order valence-corrected chi connectivity index (χ0v) is 23.0. The third-order valence-electron chi connectivity index (χ3n) is 6.95. The Morgan fingerprint density at radius 2 is 1.93 bits per heavy atom. The Morgan fingerprint density at radius 3 is 2.71 bits per heavy atom. The van der Waals surface area contributed by atoms with E-state index < -0.39 is 18.8 Å². The third kappa shape index (κ3) is 6.86. The molecular formula is C30H33F3N6O2. The number of benzene rings is 2. The van der Waals surface area contributed by atoms with Crippen molar-refractivity contribution in [3.63, 3.8) is 0 Å². The van der Waals surface area contributed by atoms with E-state index in [2.05, 4.69) is 25.9 Å². The predicted octanol–water partition coefficient (Wildman–Crippen LogP) is 6.34. The van der Waals surface area contributed by atoms with Crippen LogP contribution < -0.4 is 20.7 Å². The maximum atomic E-state index is 13.4. The summed E-state index contributed by atoms with van der Waals surface area (Å²) in [5.41, 5.74) is 2.74. The van der Waals surface area contributed by atoms with Gasteiger partial charge in [0.1, 0.15) is 5.75 Å². The number of nitrogens with one attached hydrogen (secondary N) is 3. The minimum atomic E-state index is -4.47. The fraction of sp³-hybridized carbons (Fsp3) is 0.367. The van der Waals surface area contributed by atoms with Crippen LogP contribution in [0.2, 0.25) is 0 Å². The molecule has 0 aliphatic carbocycles. The number of nitrogens with zero attached hydrogens (tertiary/aromatic N) is 3. The van der Waals surface area contributed by atoms with Crippen LogP contribution in [0.25, 0.3) is 22.0 Å². The highest BCUT2D eigenvalue weighted by molar-refractivity contribution is 5.98. The number of alkyl halides is 3. The van der Waals surface area contributed by atoms with Crippen molar-refractivity contribution in [1.29, 1.82) is 0 Å². The Balaban J connectivity index is 1.43. The average Bonchev–Trinajstić information content (AvgIpc) is 2.97. The van der Waals surface area contributed by atoms with E-state index in [0.29, 0.717) is 34.5 Å². The zero-order chi connectivity index (χ0) is 28.8. The molecule has 1 aliphatic rings. The Labute approximate surface area is 236 Å². The number of rotatable bonds is 10. The standard InChI is InChI=1S/C30H33F3N6O2/c1-3-40-26(30(31,32)33)18-37-24-10-4-8-22-21(24)12-11-19(2)27(22)41-28-23(9-6-15-35-28)25-13-16-36-29(39-25)38-20-7-5-14-34-17-20/h4,6,8-13,15-16,20,26,34,37H,3,5,7,14,17-18H2,1-2H3,(H,36,38,39)/t20-,26-/m0/s1. The summed E-state index contributed by atoms with van der Waals surface area (Å²) >= 11 is 0. The first-order chi connectivity index (χ1) is 19.8. The van der Waals surface area contributed by atoms with Gasteiger partial charge in [-0.3, -0.25) is 0 Å². The number of fused-ring (bicyclic) bond motifs is 1. The molecule has 0 saturated carbocycles. The van der Waals surface area contributed by atoms with Gasteiger partial charge in [0.25, 0.3) is 0 Å². The number of hydrogen-bond donors (Lipinski definition) is 3. The van der Waals surface area contributed by atoms with E-state index in [9.17, 15) is 13.2 Å². The van der Waals surface area contributed by atoms with Gasteiger partial charge in [-0.15, -0.1) is 0 Å². The smallest absolute Gasteiger partial charge is 0.416 e. The quantitative estimate of drug-likeness (QED) is 0.205. The van der Waals surface area contributed by atoms with Crippen molar-refractivity contribution >= 4 is 22.4 Å². The largest absolute Gasteiger partial charge is 0.437 e. The summed E-state index contributed by atoms with van der Waals surface area (Å²) in [4.78, 5) is 13.6. The lowest BCUT2D eigenvalue weighted by atomic mass is 10.0. The van der Waals surface area contributed by atoms with Crippen LogP contribution in [0.4, 0.5) is 24.8 Å². The molecular weight excluding hydrogens is 533 g/mol. The molecule has 41 heavy (non-hydrogen) atoms. The van der Waals surface area contributed by atoms with Gasteiger partial charge in [0.2, 0.25) is 11.8 Å². The molecule has 1 fully saturated rings. The van der Waals surface area contributed by atoms with Crippen molar-refractivity contribution in [3.8, 4) is 22.9 Å². The third-order valence-corrected chi connectivity index (χ3v) is 6.95. The molecule has 2 aromatic carbocycles. The molecule has 5 rings (SSSR count). The fourth-order valence-corrected chi connectivity index (χ4v) is 4.90. The van der Waals surface area contributed by atoms with Crippen molar-refractivity contribution in [3.05, 3.63) is 66.5 Å². The molecule has 0 bridgehead atoms. The van der Waals surface area contributed by atoms with Crippen LogP contribution in [0, 0.1) is 6.92 Å². The van der Waals surface area contributed by atoms with E-state index in [1.807, 2.05) is 43.3 Å². The maximum absolute atomic E-state index is 13.4. The minimum Gasteiger partial charge on any atom is -0.437 e. The number of pyridine rings is 1. The summed E-state index contributed by atoms with van der Waals surface area (Å²) in [6.07, 6.45) is -0.907. The lowest BCUT2D eigenvalue weighted by Crippen LogP contribution is -2.38. The van der Waals surface area contributed by atoms with E-state index in [1.165, 1.54) is 0 Å². The van der Waals surface area contributed by atoms with Crippen molar-refractivity contribution in [2.75, 3.05) is 36.9 Å². The molecule has 1 aliphatic heterocycles. The van der Waals surface area contributed by atoms with E-state index in [-0.39, 0.29) is 12.6 Å². The second kappa shape index (κ2) is 12.7. The van der Waals surface area contributed by atoms with E-state index >= 15 is 0 Å². The molecule has 216 valence electrons. The summed E-state index contributed by atoms with van der Waals surface area (Å²) < 4.78 is 51.6. The number of piperidine rings is 1. The summed E-state index contributed by atoms with van der Waals surface area (Å²) in [5, 5.41) is 11.2. The summed E-state index contributed by atoms with van der Waals surface area (Å²) in [6, 6.07) is 14.9. The minimum absolute atomic E-state index is 0.0351. The van der Waals surface area contributed by atoms with Gasteiger partial charge in [0.15, 0.2) is 6.10 Å². The van der Waals surface area contributed by atoms with Gasteiger partial charge in [0.05, 0.1) is 17.8 Å². The molecule has 1 saturated heterocycles. The van der Waals surface area contributed by atoms with Gasteiger partial charge in [-0.2, -0.15) is 13.2 Å². The molecule has 0 radical (unpaired) electrons. The Hall–Kier alpha value is -3.96. The first kappa shape index (κ1) is 28.6. The SMILES string of the molecule is CCO[C@@H](CNc1cccc2c(Oc3ncccc3-c3ccnc(N[C@H]4CCCNC4)n3)c(C)ccc12)C(F)(F)F.